The van der Waals surface area contributed by atoms with Crippen molar-refractivity contribution in [2.75, 3.05) is 6.61 Å². The van der Waals surface area contributed by atoms with E-state index in [-0.39, 0.29) is 30.8 Å². The van der Waals surface area contributed by atoms with Gasteiger partial charge in [0.15, 0.2) is 17.3 Å². The van der Waals surface area contributed by atoms with Crippen molar-refractivity contribution in [3.63, 3.8) is 0 Å². The first-order valence-electron chi connectivity index (χ1n) is 14.9. The number of esters is 1. The van der Waals surface area contributed by atoms with E-state index < -0.39 is 35.7 Å². The normalized spacial score (nSPS) is 22.2. The number of hydrogen-bond donors (Lipinski definition) is 5. The second kappa shape index (κ2) is 16.3. The Bertz CT molecular complexity index is 1180. The summed E-state index contributed by atoms with van der Waals surface area (Å²) in [5, 5.41) is 50.7. The summed E-state index contributed by atoms with van der Waals surface area (Å²) in [5.74, 6) is -1.20. The highest BCUT2D eigenvalue weighted by atomic mass is 16.6. The molecule has 0 bridgehead atoms. The van der Waals surface area contributed by atoms with Crippen LogP contribution in [0.2, 0.25) is 0 Å². The van der Waals surface area contributed by atoms with Gasteiger partial charge in [-0.2, -0.15) is 0 Å². The van der Waals surface area contributed by atoms with Gasteiger partial charge in [0.1, 0.15) is 23.6 Å². The number of phenolic OH excluding ortho intramolecular Hbond substituents is 2. The average Bonchev–Trinajstić information content (AvgIpc) is 2.96. The number of benzene rings is 2. The zero-order valence-electron chi connectivity index (χ0n) is 24.3. The molecular formula is C33H44O9. The third-order valence-corrected chi connectivity index (χ3v) is 7.62. The molecule has 42 heavy (non-hydrogen) atoms. The Morgan fingerprint density at radius 3 is 2.36 bits per heavy atom. The van der Waals surface area contributed by atoms with Crippen LogP contribution in [-0.2, 0) is 20.7 Å². The summed E-state index contributed by atoms with van der Waals surface area (Å²) >= 11 is 0. The predicted octanol–water partition coefficient (Wildman–Crippen LogP) is 4.60. The smallest absolute Gasteiger partial charge is 0.331 e. The number of aliphatic hydroxyl groups is 3. The molecule has 230 valence electrons. The van der Waals surface area contributed by atoms with E-state index in [1.54, 1.807) is 0 Å². The summed E-state index contributed by atoms with van der Waals surface area (Å²) in [7, 11) is 0. The van der Waals surface area contributed by atoms with Gasteiger partial charge < -0.3 is 35.0 Å². The van der Waals surface area contributed by atoms with Gasteiger partial charge in [-0.25, -0.2) is 4.79 Å². The van der Waals surface area contributed by atoms with E-state index in [1.807, 2.05) is 24.3 Å². The number of hydrogen-bond acceptors (Lipinski definition) is 9. The van der Waals surface area contributed by atoms with E-state index in [0.29, 0.717) is 25.0 Å². The highest BCUT2D eigenvalue weighted by Crippen LogP contribution is 2.33. The first-order valence-corrected chi connectivity index (χ1v) is 14.9. The van der Waals surface area contributed by atoms with Crippen LogP contribution in [0.25, 0.3) is 6.08 Å². The number of aliphatic hydroxyl groups excluding tert-OH is 2. The van der Waals surface area contributed by atoms with Crippen LogP contribution in [0.5, 0.6) is 17.2 Å². The fourth-order valence-electron chi connectivity index (χ4n) is 5.10. The lowest BCUT2D eigenvalue weighted by Gasteiger charge is -2.40. The van der Waals surface area contributed by atoms with Crippen molar-refractivity contribution >= 4 is 17.8 Å². The first kappa shape index (κ1) is 33.1. The average molecular weight is 585 g/mol. The van der Waals surface area contributed by atoms with Crippen molar-refractivity contribution in [3.05, 3.63) is 59.7 Å². The van der Waals surface area contributed by atoms with Crippen LogP contribution >= 0.6 is 0 Å². The third kappa shape index (κ3) is 10.2. The molecule has 0 radical (unpaired) electrons. The summed E-state index contributed by atoms with van der Waals surface area (Å²) < 4.78 is 11.1. The van der Waals surface area contributed by atoms with Crippen LogP contribution in [-0.4, -0.2) is 67.8 Å². The number of Topliss-reactive ketones (excluding diaryl/α,β-unsaturated/α-hetero) is 1. The summed E-state index contributed by atoms with van der Waals surface area (Å²) in [5.41, 5.74) is -0.501. The molecule has 1 saturated carbocycles. The standard InChI is InChI=1S/C33H44O9/c1-2-3-4-5-6-7-19-41-25-15-11-23(12-16-25)9-8-10-30(37)33(40)21-28(36)32(39)29(22-33)42-31(38)18-14-24-13-17-26(34)27(35)20-24/h11-18,20,28-29,32,34-36,39-40H,2-10,19,21-22H2,1H3/b18-14+. The van der Waals surface area contributed by atoms with Crippen molar-refractivity contribution in [1.29, 1.82) is 0 Å². The van der Waals surface area contributed by atoms with E-state index in [4.69, 9.17) is 9.47 Å². The molecule has 1 aliphatic rings. The van der Waals surface area contributed by atoms with E-state index in [2.05, 4.69) is 6.92 Å². The van der Waals surface area contributed by atoms with Crippen LogP contribution in [0, 0.1) is 0 Å². The van der Waals surface area contributed by atoms with Crippen LogP contribution in [0.3, 0.4) is 0 Å². The number of carbonyl (C=O) groups is 2. The van der Waals surface area contributed by atoms with Gasteiger partial charge in [-0.3, -0.25) is 4.79 Å². The van der Waals surface area contributed by atoms with E-state index in [0.717, 1.165) is 23.8 Å². The maximum Gasteiger partial charge on any atom is 0.331 e. The van der Waals surface area contributed by atoms with Crippen molar-refractivity contribution in [3.8, 4) is 17.2 Å². The van der Waals surface area contributed by atoms with Crippen molar-refractivity contribution in [1.82, 2.24) is 0 Å². The van der Waals surface area contributed by atoms with E-state index >= 15 is 0 Å². The minimum atomic E-state index is -1.94. The minimum Gasteiger partial charge on any atom is -0.504 e. The zero-order valence-corrected chi connectivity index (χ0v) is 24.3. The molecule has 4 atom stereocenters. The molecule has 0 saturated heterocycles. The molecule has 5 N–H and O–H groups in total. The Balaban J connectivity index is 1.45. The Kier molecular flexibility index (Phi) is 12.8. The molecule has 0 heterocycles. The lowest BCUT2D eigenvalue weighted by molar-refractivity contribution is -0.186. The lowest BCUT2D eigenvalue weighted by Crippen LogP contribution is -2.57. The second-order valence-corrected chi connectivity index (χ2v) is 11.1. The fraction of sp³-hybridized carbons (Fsp3) is 0.515. The number of aromatic hydroxyl groups is 2. The van der Waals surface area contributed by atoms with Gasteiger partial charge in [0, 0.05) is 25.3 Å². The number of ketones is 1. The molecule has 0 aliphatic heterocycles. The van der Waals surface area contributed by atoms with Gasteiger partial charge in [-0.05, 0) is 60.7 Å². The Hall–Kier alpha value is -3.40. The quantitative estimate of drug-likeness (QED) is 0.0824. The summed E-state index contributed by atoms with van der Waals surface area (Å²) in [6.45, 7) is 2.89. The Morgan fingerprint density at radius 2 is 1.64 bits per heavy atom. The Morgan fingerprint density at radius 1 is 0.929 bits per heavy atom. The maximum absolute atomic E-state index is 13.0. The second-order valence-electron chi connectivity index (χ2n) is 11.1. The molecule has 2 aromatic carbocycles. The van der Waals surface area contributed by atoms with Gasteiger partial charge in [-0.1, -0.05) is 57.2 Å². The van der Waals surface area contributed by atoms with Gasteiger partial charge in [0.05, 0.1) is 12.7 Å². The molecule has 1 fully saturated rings. The van der Waals surface area contributed by atoms with Gasteiger partial charge in [0.2, 0.25) is 0 Å². The summed E-state index contributed by atoms with van der Waals surface area (Å²) in [4.78, 5) is 25.3. The fourth-order valence-corrected chi connectivity index (χ4v) is 5.10. The molecule has 0 amide bonds. The minimum absolute atomic E-state index is 0.0561. The summed E-state index contributed by atoms with van der Waals surface area (Å²) in [6.07, 6.45) is 5.85. The van der Waals surface area contributed by atoms with Crippen LogP contribution in [0.15, 0.2) is 48.5 Å². The largest absolute Gasteiger partial charge is 0.504 e. The molecule has 3 rings (SSSR count). The predicted molar refractivity (Wildman–Crippen MR) is 158 cm³/mol. The Labute approximate surface area is 247 Å². The highest BCUT2D eigenvalue weighted by molar-refractivity contribution is 5.88. The molecule has 0 aromatic heterocycles. The highest BCUT2D eigenvalue weighted by Gasteiger charge is 2.49. The number of unbranched alkanes of at least 4 members (excludes halogenated alkanes) is 5. The number of ether oxygens (including phenoxy) is 2. The van der Waals surface area contributed by atoms with Crippen LogP contribution in [0.4, 0.5) is 0 Å². The van der Waals surface area contributed by atoms with Crippen molar-refractivity contribution < 1.29 is 44.6 Å². The van der Waals surface area contributed by atoms with E-state index in [1.165, 1.54) is 56.4 Å². The molecule has 0 spiro atoms. The SMILES string of the molecule is CCCCCCCCOc1ccc(CCCC(=O)C2(O)CC(O)C(O)C(OC(=O)/C=C/c3ccc(O)c(O)c3)C2)cc1. The van der Waals surface area contributed by atoms with Crippen molar-refractivity contribution in [2.24, 2.45) is 0 Å². The van der Waals surface area contributed by atoms with Crippen LogP contribution in [0.1, 0.15) is 82.3 Å². The summed E-state index contributed by atoms with van der Waals surface area (Å²) in [6, 6.07) is 11.7. The molecule has 4 unspecified atom stereocenters. The molecule has 9 heteroatoms. The molecule has 1 aliphatic carbocycles. The lowest BCUT2D eigenvalue weighted by atomic mass is 9.76. The van der Waals surface area contributed by atoms with Gasteiger partial charge in [-0.15, -0.1) is 0 Å². The zero-order chi connectivity index (χ0) is 30.5. The molecule has 9 nitrogen and oxygen atoms in total. The molecular weight excluding hydrogens is 540 g/mol. The third-order valence-electron chi connectivity index (χ3n) is 7.62. The number of phenols is 2. The maximum atomic E-state index is 13.0. The monoisotopic (exact) mass is 584 g/mol. The number of rotatable bonds is 16. The molecule has 2 aromatic rings. The van der Waals surface area contributed by atoms with E-state index in [9.17, 15) is 35.1 Å². The number of aryl methyl sites for hydroxylation is 1. The van der Waals surface area contributed by atoms with Gasteiger partial charge in [0.25, 0.3) is 0 Å². The van der Waals surface area contributed by atoms with Gasteiger partial charge >= 0.3 is 5.97 Å². The number of carbonyl (C=O) groups excluding carboxylic acids is 2. The first-order chi connectivity index (χ1) is 20.1. The topological polar surface area (TPSA) is 154 Å². The van der Waals surface area contributed by atoms with Crippen LogP contribution < -0.4 is 4.74 Å². The van der Waals surface area contributed by atoms with Crippen molar-refractivity contribution in [2.45, 2.75) is 101 Å².